The molecule has 114 valence electrons. The Labute approximate surface area is 131 Å². The van der Waals surface area contributed by atoms with E-state index < -0.39 is 0 Å². The first kappa shape index (κ1) is 17.5. The SMILES string of the molecule is Cc1ccc(C(=O)NCCNC2CCCCCC2)s1.Cl. The third kappa shape index (κ3) is 5.81. The zero-order chi connectivity index (χ0) is 13.5. The minimum absolute atomic E-state index is 0. The number of carbonyl (C=O) groups is 1. The molecule has 0 unspecified atom stereocenters. The van der Waals surface area contributed by atoms with E-state index in [2.05, 4.69) is 10.6 Å². The summed E-state index contributed by atoms with van der Waals surface area (Å²) in [6.07, 6.45) is 8.03. The normalized spacial score (nSPS) is 16.2. The lowest BCUT2D eigenvalue weighted by Gasteiger charge is -2.16. The van der Waals surface area contributed by atoms with Crippen LogP contribution in [0, 0.1) is 6.92 Å². The van der Waals surface area contributed by atoms with Crippen LogP contribution in [-0.2, 0) is 0 Å². The highest BCUT2D eigenvalue weighted by Crippen LogP contribution is 2.17. The van der Waals surface area contributed by atoms with Crippen molar-refractivity contribution in [2.75, 3.05) is 13.1 Å². The Morgan fingerprint density at radius 2 is 1.90 bits per heavy atom. The molecular formula is C15H25ClN2OS. The molecule has 3 nitrogen and oxygen atoms in total. The van der Waals surface area contributed by atoms with Crippen LogP contribution in [-0.4, -0.2) is 25.0 Å². The molecule has 1 fully saturated rings. The fourth-order valence-corrected chi connectivity index (χ4v) is 3.36. The molecule has 2 rings (SSSR count). The lowest BCUT2D eigenvalue weighted by atomic mass is 10.1. The summed E-state index contributed by atoms with van der Waals surface area (Å²) in [5.74, 6) is 0.0563. The summed E-state index contributed by atoms with van der Waals surface area (Å²) in [6, 6.07) is 4.54. The Bertz CT molecular complexity index is 400. The smallest absolute Gasteiger partial charge is 0.261 e. The Morgan fingerprint density at radius 3 is 2.50 bits per heavy atom. The second-order valence-corrected chi connectivity index (χ2v) is 6.60. The van der Waals surface area contributed by atoms with Gasteiger partial charge < -0.3 is 10.6 Å². The monoisotopic (exact) mass is 316 g/mol. The molecule has 0 radical (unpaired) electrons. The molecule has 0 aliphatic heterocycles. The third-order valence-corrected chi connectivity index (χ3v) is 4.66. The van der Waals surface area contributed by atoms with Crippen molar-refractivity contribution in [3.8, 4) is 0 Å². The number of aryl methyl sites for hydroxylation is 1. The predicted octanol–water partition coefficient (Wildman–Crippen LogP) is 3.52. The maximum atomic E-state index is 11.8. The van der Waals surface area contributed by atoms with Gasteiger partial charge in [-0.3, -0.25) is 4.79 Å². The minimum Gasteiger partial charge on any atom is -0.350 e. The first-order chi connectivity index (χ1) is 9.25. The summed E-state index contributed by atoms with van der Waals surface area (Å²) in [5, 5.41) is 6.54. The second kappa shape index (κ2) is 9.37. The van der Waals surface area contributed by atoms with Crippen molar-refractivity contribution in [2.24, 2.45) is 0 Å². The van der Waals surface area contributed by atoms with Gasteiger partial charge >= 0.3 is 0 Å². The lowest BCUT2D eigenvalue weighted by molar-refractivity contribution is 0.0957. The summed E-state index contributed by atoms with van der Waals surface area (Å²) in [7, 11) is 0. The Balaban J connectivity index is 0.00000200. The fraction of sp³-hybridized carbons (Fsp3) is 0.667. The van der Waals surface area contributed by atoms with Crippen molar-refractivity contribution < 1.29 is 4.79 Å². The molecule has 1 aromatic rings. The third-order valence-electron chi connectivity index (χ3n) is 3.66. The van der Waals surface area contributed by atoms with Crippen molar-refractivity contribution in [1.82, 2.24) is 10.6 Å². The molecule has 2 N–H and O–H groups in total. The molecule has 1 heterocycles. The van der Waals surface area contributed by atoms with E-state index in [1.807, 2.05) is 19.1 Å². The van der Waals surface area contributed by atoms with E-state index in [0.717, 1.165) is 11.4 Å². The largest absolute Gasteiger partial charge is 0.350 e. The predicted molar refractivity (Wildman–Crippen MR) is 88.1 cm³/mol. The molecule has 0 atom stereocenters. The number of carbonyl (C=O) groups excluding carboxylic acids is 1. The zero-order valence-corrected chi connectivity index (χ0v) is 13.7. The number of rotatable bonds is 5. The summed E-state index contributed by atoms with van der Waals surface area (Å²) in [4.78, 5) is 13.8. The lowest BCUT2D eigenvalue weighted by Crippen LogP contribution is -2.36. The van der Waals surface area contributed by atoms with E-state index in [4.69, 9.17) is 0 Å². The Hall–Kier alpha value is -0.580. The van der Waals surface area contributed by atoms with Crippen LogP contribution >= 0.6 is 23.7 Å². The van der Waals surface area contributed by atoms with E-state index in [-0.39, 0.29) is 18.3 Å². The van der Waals surface area contributed by atoms with Gasteiger partial charge in [-0.25, -0.2) is 0 Å². The van der Waals surface area contributed by atoms with E-state index in [9.17, 15) is 4.79 Å². The Kier molecular flexibility index (Phi) is 8.19. The first-order valence-electron chi connectivity index (χ1n) is 7.34. The highest BCUT2D eigenvalue weighted by atomic mass is 35.5. The van der Waals surface area contributed by atoms with Gasteiger partial charge in [0.2, 0.25) is 0 Å². The number of thiophene rings is 1. The topological polar surface area (TPSA) is 41.1 Å². The number of hydrogen-bond acceptors (Lipinski definition) is 3. The molecule has 1 aromatic heterocycles. The summed E-state index contributed by atoms with van der Waals surface area (Å²) in [6.45, 7) is 3.61. The summed E-state index contributed by atoms with van der Waals surface area (Å²) in [5.41, 5.74) is 0. The van der Waals surface area contributed by atoms with Crippen LogP contribution in [0.5, 0.6) is 0 Å². The van der Waals surface area contributed by atoms with Crippen LogP contribution in [0.1, 0.15) is 53.1 Å². The first-order valence-corrected chi connectivity index (χ1v) is 8.15. The molecule has 5 heteroatoms. The van der Waals surface area contributed by atoms with E-state index in [0.29, 0.717) is 12.6 Å². The molecule has 0 spiro atoms. The number of hydrogen-bond donors (Lipinski definition) is 2. The average molecular weight is 317 g/mol. The molecular weight excluding hydrogens is 292 g/mol. The molecule has 1 saturated carbocycles. The van der Waals surface area contributed by atoms with Gasteiger partial charge in [0.05, 0.1) is 4.88 Å². The second-order valence-electron chi connectivity index (χ2n) is 5.31. The molecule has 20 heavy (non-hydrogen) atoms. The van der Waals surface area contributed by atoms with E-state index >= 15 is 0 Å². The number of halogens is 1. The number of amides is 1. The van der Waals surface area contributed by atoms with Crippen LogP contribution in [0.2, 0.25) is 0 Å². The van der Waals surface area contributed by atoms with Crippen molar-refractivity contribution in [3.63, 3.8) is 0 Å². The summed E-state index contributed by atoms with van der Waals surface area (Å²) >= 11 is 1.55. The van der Waals surface area contributed by atoms with Gasteiger partial charge in [0.15, 0.2) is 0 Å². The van der Waals surface area contributed by atoms with Crippen LogP contribution < -0.4 is 10.6 Å². The van der Waals surface area contributed by atoms with Crippen molar-refractivity contribution in [1.29, 1.82) is 0 Å². The van der Waals surface area contributed by atoms with Gasteiger partial charge in [0.1, 0.15) is 0 Å². The highest BCUT2D eigenvalue weighted by molar-refractivity contribution is 7.13. The van der Waals surface area contributed by atoms with Crippen LogP contribution in [0.3, 0.4) is 0 Å². The maximum Gasteiger partial charge on any atom is 0.261 e. The number of nitrogens with one attached hydrogen (secondary N) is 2. The molecule has 1 aliphatic rings. The van der Waals surface area contributed by atoms with Gasteiger partial charge in [-0.15, -0.1) is 23.7 Å². The zero-order valence-electron chi connectivity index (χ0n) is 12.1. The average Bonchev–Trinajstić information content (AvgIpc) is 2.68. The van der Waals surface area contributed by atoms with Crippen LogP contribution in [0.4, 0.5) is 0 Å². The van der Waals surface area contributed by atoms with Crippen molar-refractivity contribution >= 4 is 29.7 Å². The standard InChI is InChI=1S/C15H24N2OS.ClH/c1-12-8-9-14(19-12)15(18)17-11-10-16-13-6-4-2-3-5-7-13;/h8-9,13,16H,2-7,10-11H2,1H3,(H,17,18);1H. The fourth-order valence-electron chi connectivity index (χ4n) is 2.58. The maximum absolute atomic E-state index is 11.8. The van der Waals surface area contributed by atoms with Gasteiger partial charge in [-0.1, -0.05) is 25.7 Å². The van der Waals surface area contributed by atoms with Gasteiger partial charge in [0.25, 0.3) is 5.91 Å². The van der Waals surface area contributed by atoms with Gasteiger partial charge in [-0.2, -0.15) is 0 Å². The molecule has 1 aliphatic carbocycles. The summed E-state index contributed by atoms with van der Waals surface area (Å²) < 4.78 is 0. The minimum atomic E-state index is 0. The molecule has 0 bridgehead atoms. The molecule has 0 aromatic carbocycles. The highest BCUT2D eigenvalue weighted by Gasteiger charge is 2.11. The molecule has 0 saturated heterocycles. The quantitative estimate of drug-likeness (QED) is 0.644. The van der Waals surface area contributed by atoms with Crippen LogP contribution in [0.15, 0.2) is 12.1 Å². The van der Waals surface area contributed by atoms with Crippen molar-refractivity contribution in [2.45, 2.75) is 51.5 Å². The van der Waals surface area contributed by atoms with Crippen molar-refractivity contribution in [3.05, 3.63) is 21.9 Å². The van der Waals surface area contributed by atoms with E-state index in [1.165, 1.54) is 43.4 Å². The van der Waals surface area contributed by atoms with E-state index in [1.54, 1.807) is 11.3 Å². The molecule has 1 amide bonds. The van der Waals surface area contributed by atoms with Crippen LogP contribution in [0.25, 0.3) is 0 Å². The van der Waals surface area contributed by atoms with Gasteiger partial charge in [-0.05, 0) is 31.9 Å². The van der Waals surface area contributed by atoms with Gasteiger partial charge in [0, 0.05) is 24.0 Å². The Morgan fingerprint density at radius 1 is 1.20 bits per heavy atom.